The van der Waals surface area contributed by atoms with Crippen LogP contribution in [0.15, 0.2) is 49.4 Å². The van der Waals surface area contributed by atoms with Gasteiger partial charge in [0.15, 0.2) is 0 Å². The first-order valence-corrected chi connectivity index (χ1v) is 8.45. The van der Waals surface area contributed by atoms with Crippen molar-refractivity contribution >= 4 is 11.9 Å². The van der Waals surface area contributed by atoms with Gasteiger partial charge in [-0.3, -0.25) is 9.48 Å². The molecule has 134 valence electrons. The smallest absolute Gasteiger partial charge is 0.244 e. The first-order valence-electron chi connectivity index (χ1n) is 8.45. The van der Waals surface area contributed by atoms with Gasteiger partial charge in [0.1, 0.15) is 6.54 Å². The van der Waals surface area contributed by atoms with Crippen LogP contribution in [0.2, 0.25) is 0 Å². The number of hydrogen-bond acceptors (Lipinski definition) is 6. The van der Waals surface area contributed by atoms with Crippen LogP contribution in [0.1, 0.15) is 11.6 Å². The zero-order chi connectivity index (χ0) is 17.9. The van der Waals surface area contributed by atoms with Crippen molar-refractivity contribution in [3.8, 4) is 0 Å². The molecule has 4 heterocycles. The summed E-state index contributed by atoms with van der Waals surface area (Å²) < 4.78 is 3.55. The maximum absolute atomic E-state index is 12.7. The van der Waals surface area contributed by atoms with E-state index in [1.54, 1.807) is 41.9 Å². The molecule has 0 aliphatic carbocycles. The minimum Gasteiger partial charge on any atom is -0.349 e. The van der Waals surface area contributed by atoms with E-state index in [1.165, 1.54) is 0 Å². The Labute approximate surface area is 150 Å². The van der Waals surface area contributed by atoms with Crippen molar-refractivity contribution in [2.24, 2.45) is 7.05 Å². The third-order valence-electron chi connectivity index (χ3n) is 4.51. The Kier molecular flexibility index (Phi) is 4.34. The Balaban J connectivity index is 1.52. The second-order valence-corrected chi connectivity index (χ2v) is 6.40. The highest BCUT2D eigenvalue weighted by Gasteiger charge is 2.37. The van der Waals surface area contributed by atoms with Gasteiger partial charge in [0, 0.05) is 57.0 Å². The van der Waals surface area contributed by atoms with Gasteiger partial charge in [-0.2, -0.15) is 5.10 Å². The lowest BCUT2D eigenvalue weighted by Crippen LogP contribution is -2.34. The fourth-order valence-electron chi connectivity index (χ4n) is 3.25. The SMILES string of the molecule is Cn1cnc([C@@H]2CN(C(=O)Cn3cccn3)C[C@H]2Nc2ncccn2)c1. The average molecular weight is 352 g/mol. The standard InChI is InChI=1S/C17H20N8O/c1-23-9-14(20-12-23)13-8-24(16(26)11-25-7-3-6-21-25)10-15(13)22-17-18-4-2-5-19-17/h2-7,9,12-13,15H,8,10-11H2,1H3,(H,18,19,22)/t13-,15+/m0/s1. The Bertz CT molecular complexity index is 860. The monoisotopic (exact) mass is 352 g/mol. The number of aryl methyl sites for hydroxylation is 1. The van der Waals surface area contributed by atoms with Crippen LogP contribution < -0.4 is 5.32 Å². The van der Waals surface area contributed by atoms with Crippen molar-refractivity contribution in [3.05, 3.63) is 55.1 Å². The second kappa shape index (κ2) is 6.95. The molecular weight excluding hydrogens is 332 g/mol. The Morgan fingerprint density at radius 3 is 2.73 bits per heavy atom. The highest BCUT2D eigenvalue weighted by atomic mass is 16.2. The molecule has 1 fully saturated rings. The topological polar surface area (TPSA) is 93.8 Å². The molecule has 0 bridgehead atoms. The molecule has 1 saturated heterocycles. The molecule has 0 unspecified atom stereocenters. The number of rotatable bonds is 5. The van der Waals surface area contributed by atoms with Gasteiger partial charge < -0.3 is 14.8 Å². The van der Waals surface area contributed by atoms with Gasteiger partial charge in [0.25, 0.3) is 0 Å². The molecule has 4 rings (SSSR count). The van der Waals surface area contributed by atoms with Crippen LogP contribution in [0.4, 0.5) is 5.95 Å². The van der Waals surface area contributed by atoms with Gasteiger partial charge in [-0.05, 0) is 12.1 Å². The molecular formula is C17H20N8O. The number of imidazole rings is 1. The maximum atomic E-state index is 12.7. The molecule has 1 aliphatic heterocycles. The first-order chi connectivity index (χ1) is 12.7. The average Bonchev–Trinajstić information content (AvgIpc) is 3.37. The molecule has 0 saturated carbocycles. The quantitative estimate of drug-likeness (QED) is 0.719. The molecule has 26 heavy (non-hydrogen) atoms. The maximum Gasteiger partial charge on any atom is 0.244 e. The van der Waals surface area contributed by atoms with E-state index < -0.39 is 0 Å². The highest BCUT2D eigenvalue weighted by molar-refractivity contribution is 5.76. The number of carbonyl (C=O) groups excluding carboxylic acids is 1. The fourth-order valence-corrected chi connectivity index (χ4v) is 3.25. The Morgan fingerprint density at radius 2 is 2.04 bits per heavy atom. The van der Waals surface area contributed by atoms with E-state index in [0.29, 0.717) is 19.0 Å². The van der Waals surface area contributed by atoms with Crippen molar-refractivity contribution in [1.82, 2.24) is 34.2 Å². The fraction of sp³-hybridized carbons (Fsp3) is 0.353. The van der Waals surface area contributed by atoms with Crippen LogP contribution in [-0.2, 0) is 18.4 Å². The minimum absolute atomic E-state index is 0.00567. The van der Waals surface area contributed by atoms with Crippen molar-refractivity contribution in [2.45, 2.75) is 18.5 Å². The molecule has 3 aromatic rings. The lowest BCUT2D eigenvalue weighted by Gasteiger charge is -2.18. The van der Waals surface area contributed by atoms with E-state index >= 15 is 0 Å². The first kappa shape index (κ1) is 16.2. The summed E-state index contributed by atoms with van der Waals surface area (Å²) in [5, 5.41) is 7.47. The third kappa shape index (κ3) is 3.41. The number of anilines is 1. The van der Waals surface area contributed by atoms with E-state index in [9.17, 15) is 4.79 Å². The lowest BCUT2D eigenvalue weighted by molar-refractivity contribution is -0.131. The van der Waals surface area contributed by atoms with Crippen LogP contribution in [0.3, 0.4) is 0 Å². The van der Waals surface area contributed by atoms with Crippen LogP contribution >= 0.6 is 0 Å². The van der Waals surface area contributed by atoms with Gasteiger partial charge in [-0.15, -0.1) is 0 Å². The number of nitrogens with one attached hydrogen (secondary N) is 1. The van der Waals surface area contributed by atoms with Crippen LogP contribution in [0.25, 0.3) is 0 Å². The molecule has 0 radical (unpaired) electrons. The summed E-state index contributed by atoms with van der Waals surface area (Å²) in [5.74, 6) is 0.661. The molecule has 1 N–H and O–H groups in total. The second-order valence-electron chi connectivity index (χ2n) is 6.40. The van der Waals surface area contributed by atoms with E-state index in [4.69, 9.17) is 0 Å². The zero-order valence-corrected chi connectivity index (χ0v) is 14.4. The zero-order valence-electron chi connectivity index (χ0n) is 14.4. The number of nitrogens with zero attached hydrogens (tertiary/aromatic N) is 7. The molecule has 1 amide bonds. The normalized spacial score (nSPS) is 19.7. The van der Waals surface area contributed by atoms with Crippen molar-refractivity contribution < 1.29 is 4.79 Å². The largest absolute Gasteiger partial charge is 0.349 e. The van der Waals surface area contributed by atoms with Crippen molar-refractivity contribution in [1.29, 1.82) is 0 Å². The summed E-state index contributed by atoms with van der Waals surface area (Å²) >= 11 is 0. The minimum atomic E-state index is -0.00567. The molecule has 9 nitrogen and oxygen atoms in total. The van der Waals surface area contributed by atoms with Gasteiger partial charge in [-0.25, -0.2) is 15.0 Å². The van der Waals surface area contributed by atoms with Gasteiger partial charge >= 0.3 is 0 Å². The summed E-state index contributed by atoms with van der Waals surface area (Å²) in [6.45, 7) is 1.40. The van der Waals surface area contributed by atoms with Crippen molar-refractivity contribution in [3.63, 3.8) is 0 Å². The molecule has 0 aromatic carbocycles. The van der Waals surface area contributed by atoms with E-state index in [-0.39, 0.29) is 24.4 Å². The van der Waals surface area contributed by atoms with Crippen LogP contribution in [0, 0.1) is 0 Å². The van der Waals surface area contributed by atoms with Crippen LogP contribution in [-0.4, -0.2) is 59.2 Å². The van der Waals surface area contributed by atoms with E-state index in [2.05, 4.69) is 25.4 Å². The predicted molar refractivity (Wildman–Crippen MR) is 94.2 cm³/mol. The molecule has 3 aromatic heterocycles. The molecule has 0 spiro atoms. The van der Waals surface area contributed by atoms with Gasteiger partial charge in [0.2, 0.25) is 11.9 Å². The highest BCUT2D eigenvalue weighted by Crippen LogP contribution is 2.28. The third-order valence-corrected chi connectivity index (χ3v) is 4.51. The summed E-state index contributed by atoms with van der Waals surface area (Å²) in [6, 6.07) is 3.58. The van der Waals surface area contributed by atoms with Gasteiger partial charge in [-0.1, -0.05) is 0 Å². The summed E-state index contributed by atoms with van der Waals surface area (Å²) in [6.07, 6.45) is 10.6. The number of carbonyl (C=O) groups is 1. The lowest BCUT2D eigenvalue weighted by atomic mass is 10.0. The Morgan fingerprint density at radius 1 is 1.19 bits per heavy atom. The van der Waals surface area contributed by atoms with E-state index in [1.807, 2.05) is 28.8 Å². The summed E-state index contributed by atoms with van der Waals surface area (Å²) in [4.78, 5) is 27.5. The molecule has 9 heteroatoms. The van der Waals surface area contributed by atoms with Gasteiger partial charge in [0.05, 0.1) is 18.1 Å². The number of aromatic nitrogens is 6. The number of hydrogen-bond donors (Lipinski definition) is 1. The number of likely N-dealkylation sites (tertiary alicyclic amines) is 1. The summed E-state index contributed by atoms with van der Waals surface area (Å²) in [5.41, 5.74) is 0.954. The predicted octanol–water partition coefficient (Wildman–Crippen LogP) is 0.513. The Hall–Kier alpha value is -3.23. The molecule has 2 atom stereocenters. The summed E-state index contributed by atoms with van der Waals surface area (Å²) in [7, 11) is 1.94. The van der Waals surface area contributed by atoms with Crippen LogP contribution in [0.5, 0.6) is 0 Å². The van der Waals surface area contributed by atoms with Crippen molar-refractivity contribution in [2.75, 3.05) is 18.4 Å². The number of amides is 1. The van der Waals surface area contributed by atoms with E-state index in [0.717, 1.165) is 5.69 Å². The molecule has 1 aliphatic rings.